The molecule has 0 bridgehead atoms. The lowest BCUT2D eigenvalue weighted by Gasteiger charge is -2.36. The minimum atomic E-state index is -2.82. The minimum absolute atomic E-state index is 0.0348. The standard InChI is InChI=1S/C33H59NO12S3Si/c1-8-44-50(45-9-2,46-10-3)19-11-14-34-32(42)49-24(4)20-29(37)43-23-33(7,21-27(30(38)39)25(5)47-17-12-15-35)22-28(31(40)41)26(6)48-18-13-16-36/h15-16,24-28H,8-14,17-23H2,1-7H3,(H,34,42)(H,38,39)(H,40,41). The number of aldehydes is 2. The summed E-state index contributed by atoms with van der Waals surface area (Å²) in [5, 5.41) is 21.6. The van der Waals surface area contributed by atoms with Crippen LogP contribution in [0.15, 0.2) is 0 Å². The first-order valence-electron chi connectivity index (χ1n) is 17.2. The van der Waals surface area contributed by atoms with Crippen molar-refractivity contribution in [1.29, 1.82) is 0 Å². The first-order valence-corrected chi connectivity index (χ1v) is 22.1. The molecule has 0 aliphatic heterocycles. The predicted octanol–water partition coefficient (Wildman–Crippen LogP) is 5.80. The second-order valence-electron chi connectivity index (χ2n) is 12.3. The van der Waals surface area contributed by atoms with Crippen LogP contribution >= 0.6 is 35.3 Å². The fourth-order valence-corrected chi connectivity index (χ4v) is 10.8. The number of amides is 1. The van der Waals surface area contributed by atoms with Crippen LogP contribution in [0.3, 0.4) is 0 Å². The molecule has 0 fully saturated rings. The molecule has 13 nitrogen and oxygen atoms in total. The van der Waals surface area contributed by atoms with Gasteiger partial charge in [0.1, 0.15) is 12.6 Å². The summed E-state index contributed by atoms with van der Waals surface area (Å²) in [7, 11) is -2.82. The Bertz CT molecular complexity index is 983. The van der Waals surface area contributed by atoms with E-state index in [1.165, 1.54) is 23.5 Å². The van der Waals surface area contributed by atoms with E-state index in [-0.39, 0.29) is 44.0 Å². The SMILES string of the molecule is CCO[Si](CCCNC(=O)SC(C)CC(=O)OCC(C)(CC(C(=O)O)C(C)SCCC=O)CC(C(=O)O)C(C)SCCC=O)(OCC)OCC. The molecule has 0 saturated heterocycles. The van der Waals surface area contributed by atoms with E-state index in [1.807, 2.05) is 20.8 Å². The zero-order chi connectivity index (χ0) is 38.2. The van der Waals surface area contributed by atoms with Crippen molar-refractivity contribution < 1.29 is 57.0 Å². The van der Waals surface area contributed by atoms with Gasteiger partial charge in [-0.2, -0.15) is 23.5 Å². The van der Waals surface area contributed by atoms with E-state index in [4.69, 9.17) is 18.0 Å². The van der Waals surface area contributed by atoms with Crippen molar-refractivity contribution in [1.82, 2.24) is 5.32 Å². The quantitative estimate of drug-likeness (QED) is 0.0331. The van der Waals surface area contributed by atoms with Crippen LogP contribution in [0, 0.1) is 17.3 Å². The summed E-state index contributed by atoms with van der Waals surface area (Å²) in [6, 6.07) is 0.548. The molecule has 0 radical (unpaired) electrons. The second kappa shape index (κ2) is 27.0. The van der Waals surface area contributed by atoms with E-state index in [9.17, 15) is 39.0 Å². The number of carbonyl (C=O) groups is 6. The monoisotopic (exact) mass is 785 g/mol. The highest BCUT2D eigenvalue weighted by atomic mass is 32.2. The molecule has 0 saturated carbocycles. The van der Waals surface area contributed by atoms with Crippen LogP contribution in [0.2, 0.25) is 6.04 Å². The molecule has 290 valence electrons. The Morgan fingerprint density at radius 3 is 1.68 bits per heavy atom. The molecule has 0 spiro atoms. The first kappa shape index (κ1) is 48.4. The molecule has 50 heavy (non-hydrogen) atoms. The Balaban J connectivity index is 5.53. The van der Waals surface area contributed by atoms with Gasteiger partial charge < -0.3 is 43.1 Å². The highest BCUT2D eigenvalue weighted by Gasteiger charge is 2.41. The average molecular weight is 786 g/mol. The van der Waals surface area contributed by atoms with Gasteiger partial charge in [-0.1, -0.05) is 39.5 Å². The number of carbonyl (C=O) groups excluding carboxylic acids is 4. The molecule has 0 aromatic heterocycles. The van der Waals surface area contributed by atoms with Crippen molar-refractivity contribution in [3.63, 3.8) is 0 Å². The lowest BCUT2D eigenvalue weighted by molar-refractivity contribution is -0.150. The molecular weight excluding hydrogens is 727 g/mol. The van der Waals surface area contributed by atoms with Gasteiger partial charge in [0.05, 0.1) is 24.9 Å². The molecule has 0 aromatic rings. The first-order chi connectivity index (χ1) is 23.6. The van der Waals surface area contributed by atoms with E-state index in [1.54, 1.807) is 27.7 Å². The number of carboxylic acid groups (broad SMARTS) is 2. The molecule has 0 aliphatic rings. The molecule has 0 aromatic carbocycles. The molecule has 0 heterocycles. The summed E-state index contributed by atoms with van der Waals surface area (Å²) >= 11 is 3.65. The maximum absolute atomic E-state index is 13.0. The molecule has 17 heteroatoms. The topological polar surface area (TPSA) is 192 Å². The number of hydrogen-bond acceptors (Lipinski definition) is 13. The smallest absolute Gasteiger partial charge is 0.481 e. The lowest BCUT2D eigenvalue weighted by atomic mass is 9.73. The van der Waals surface area contributed by atoms with Crippen molar-refractivity contribution >= 4 is 79.8 Å². The fraction of sp³-hybridized carbons (Fsp3) is 0.818. The number of hydrogen-bond donors (Lipinski definition) is 3. The van der Waals surface area contributed by atoms with E-state index in [2.05, 4.69) is 5.32 Å². The number of aliphatic carboxylic acids is 2. The Labute approximate surface area is 311 Å². The fourth-order valence-electron chi connectivity index (χ4n) is 5.32. The third-order valence-corrected chi connectivity index (χ3v) is 14.5. The highest BCUT2D eigenvalue weighted by Crippen LogP contribution is 2.40. The van der Waals surface area contributed by atoms with Crippen molar-refractivity contribution in [2.45, 2.75) is 109 Å². The largest absolute Gasteiger partial charge is 0.500 e. The van der Waals surface area contributed by atoms with Crippen LogP contribution in [0.5, 0.6) is 0 Å². The molecular formula is C33H59NO12S3Si. The van der Waals surface area contributed by atoms with Crippen LogP contribution in [0.4, 0.5) is 4.79 Å². The van der Waals surface area contributed by atoms with E-state index in [0.29, 0.717) is 50.3 Å². The minimum Gasteiger partial charge on any atom is -0.481 e. The zero-order valence-corrected chi connectivity index (χ0v) is 34.1. The normalized spacial score (nSPS) is 15.9. The number of ether oxygens (including phenoxy) is 1. The van der Waals surface area contributed by atoms with Gasteiger partial charge in [-0.15, -0.1) is 0 Å². The zero-order valence-electron chi connectivity index (χ0n) is 30.6. The highest BCUT2D eigenvalue weighted by molar-refractivity contribution is 8.14. The van der Waals surface area contributed by atoms with E-state index >= 15 is 0 Å². The van der Waals surface area contributed by atoms with Gasteiger partial charge in [0.15, 0.2) is 0 Å². The molecule has 0 aliphatic carbocycles. The van der Waals surface area contributed by atoms with Gasteiger partial charge in [0.2, 0.25) is 0 Å². The number of esters is 1. The number of carboxylic acids is 2. The van der Waals surface area contributed by atoms with E-state index < -0.39 is 59.7 Å². The predicted molar refractivity (Wildman–Crippen MR) is 201 cm³/mol. The molecule has 1 amide bonds. The van der Waals surface area contributed by atoms with Gasteiger partial charge in [-0.05, 0) is 40.0 Å². The van der Waals surface area contributed by atoms with Crippen molar-refractivity contribution in [3.8, 4) is 0 Å². The summed E-state index contributed by atoms with van der Waals surface area (Å²) in [5.41, 5.74) is -1.03. The van der Waals surface area contributed by atoms with Crippen molar-refractivity contribution in [3.05, 3.63) is 0 Å². The Kier molecular flexibility index (Phi) is 26.2. The summed E-state index contributed by atoms with van der Waals surface area (Å²) in [4.78, 5) is 72.0. The number of thioether (sulfide) groups is 3. The van der Waals surface area contributed by atoms with Gasteiger partial charge >= 0.3 is 26.7 Å². The summed E-state index contributed by atoms with van der Waals surface area (Å²) in [5.74, 6) is -3.62. The summed E-state index contributed by atoms with van der Waals surface area (Å²) in [6.07, 6.45) is 2.65. The Morgan fingerprint density at radius 2 is 1.28 bits per heavy atom. The van der Waals surface area contributed by atoms with Gasteiger partial charge in [-0.3, -0.25) is 19.2 Å². The van der Waals surface area contributed by atoms with Crippen LogP contribution in [-0.4, -0.2) is 115 Å². The van der Waals surface area contributed by atoms with Crippen LogP contribution in [0.1, 0.15) is 87.0 Å². The van der Waals surface area contributed by atoms with Gasteiger partial charge in [0, 0.05) is 77.9 Å². The van der Waals surface area contributed by atoms with Crippen molar-refractivity contribution in [2.75, 3.05) is 44.5 Å². The van der Waals surface area contributed by atoms with Crippen LogP contribution < -0.4 is 5.32 Å². The molecule has 5 atom stereocenters. The molecule has 0 rings (SSSR count). The lowest BCUT2D eigenvalue weighted by Crippen LogP contribution is -2.46. The third-order valence-electron chi connectivity index (χ3n) is 7.79. The number of nitrogens with one attached hydrogen (secondary N) is 1. The van der Waals surface area contributed by atoms with Gasteiger partial charge in [0.25, 0.3) is 5.24 Å². The van der Waals surface area contributed by atoms with Gasteiger partial charge in [-0.25, -0.2) is 0 Å². The molecule has 5 unspecified atom stereocenters. The Morgan fingerprint density at radius 1 is 0.820 bits per heavy atom. The maximum Gasteiger partial charge on any atom is 0.500 e. The summed E-state index contributed by atoms with van der Waals surface area (Å²) in [6.45, 7) is 14.1. The molecule has 3 N–H and O–H groups in total. The summed E-state index contributed by atoms with van der Waals surface area (Å²) < 4.78 is 23.2. The van der Waals surface area contributed by atoms with E-state index in [0.717, 1.165) is 24.3 Å². The van der Waals surface area contributed by atoms with Crippen LogP contribution in [-0.2, 0) is 42.0 Å². The van der Waals surface area contributed by atoms with Crippen LogP contribution in [0.25, 0.3) is 0 Å². The number of rotatable bonds is 31. The second-order valence-corrected chi connectivity index (χ2v) is 19.4. The van der Waals surface area contributed by atoms with Crippen molar-refractivity contribution in [2.24, 2.45) is 17.3 Å². The Hall–Kier alpha value is -1.63. The third kappa shape index (κ3) is 20.4. The average Bonchev–Trinajstić information content (AvgIpc) is 3.04. The maximum atomic E-state index is 13.0.